The van der Waals surface area contributed by atoms with Gasteiger partial charge in [0.2, 0.25) is 5.91 Å². The minimum atomic E-state index is -1.74. The monoisotopic (exact) mass is 569 g/mol. The van der Waals surface area contributed by atoms with Crippen LogP contribution < -0.4 is 10.2 Å². The van der Waals surface area contributed by atoms with E-state index in [1.807, 2.05) is 4.90 Å². The van der Waals surface area contributed by atoms with Crippen molar-refractivity contribution >= 4 is 28.6 Å². The summed E-state index contributed by atoms with van der Waals surface area (Å²) in [5.74, 6) is -3.61. The zero-order valence-corrected chi connectivity index (χ0v) is 22.0. The van der Waals surface area contributed by atoms with E-state index in [0.717, 1.165) is 18.0 Å². The molecule has 210 valence electrons. The maximum absolute atomic E-state index is 15.5. The molecule has 0 radical (unpaired) electrons. The fourth-order valence-electron chi connectivity index (χ4n) is 5.02. The number of hydrogen-bond acceptors (Lipinski definition) is 6. The van der Waals surface area contributed by atoms with E-state index in [9.17, 15) is 27.6 Å². The van der Waals surface area contributed by atoms with Gasteiger partial charge in [0, 0.05) is 35.4 Å². The highest BCUT2D eigenvalue weighted by Crippen LogP contribution is 2.41. The van der Waals surface area contributed by atoms with Crippen molar-refractivity contribution in [3.05, 3.63) is 65.4 Å². The van der Waals surface area contributed by atoms with Crippen LogP contribution in [0.5, 0.6) is 5.75 Å². The first-order valence-corrected chi connectivity index (χ1v) is 13.4. The maximum atomic E-state index is 15.5. The number of rotatable bonds is 10. The number of alkyl halides is 1. The summed E-state index contributed by atoms with van der Waals surface area (Å²) in [6.45, 7) is 1.28. The first kappa shape index (κ1) is 29.0. The zero-order valence-electron chi connectivity index (χ0n) is 21.2. The zero-order chi connectivity index (χ0) is 28.2. The number of methoxy groups -OCH3 is 1. The molecule has 4 rings (SSSR count). The Hall–Kier alpha value is -2.96. The van der Waals surface area contributed by atoms with Crippen LogP contribution in [-0.2, 0) is 4.79 Å². The van der Waals surface area contributed by atoms with Crippen molar-refractivity contribution in [2.45, 2.75) is 36.8 Å². The number of ether oxygens (including phenoxy) is 1. The second kappa shape index (κ2) is 12.5. The molecule has 0 spiro atoms. The van der Waals surface area contributed by atoms with E-state index in [2.05, 4.69) is 4.98 Å². The number of nitrogens with one attached hydrogen (secondary N) is 1. The highest BCUT2D eigenvalue weighted by molar-refractivity contribution is 7.99. The highest BCUT2D eigenvalue weighted by Gasteiger charge is 2.41. The van der Waals surface area contributed by atoms with Crippen molar-refractivity contribution in [2.24, 2.45) is 5.41 Å². The van der Waals surface area contributed by atoms with E-state index in [1.54, 1.807) is 17.6 Å². The molecule has 2 aromatic carbocycles. The summed E-state index contributed by atoms with van der Waals surface area (Å²) in [4.78, 5) is 18.4. The Labute approximate surface area is 226 Å². The second-order valence-corrected chi connectivity index (χ2v) is 10.6. The number of amides is 1. The number of nitrogens with zero attached hydrogens (tertiary/aromatic N) is 2. The lowest BCUT2D eigenvalue weighted by molar-refractivity contribution is -0.143. The Balaban J connectivity index is 1.40. The number of likely N-dealkylation sites (tertiary alicyclic amines) is 1. The molecule has 1 unspecified atom stereocenters. The standard InChI is InChI=1S/C27H28F5N3O3S/c1-38-17-2-3-23-18(14-17)24(22(32)15-33-23)19(29)4-5-27(26(36)34-37)6-8-35(9-7-27)10-11-39-25-20(30)12-16(28)13-21(25)31/h2-3,12-15,19,37H,4-11H2,1H3,(H,34,36). The number of halogens is 5. The first-order chi connectivity index (χ1) is 18.7. The lowest BCUT2D eigenvalue weighted by Gasteiger charge is -2.40. The van der Waals surface area contributed by atoms with Gasteiger partial charge < -0.3 is 9.64 Å². The Bertz CT molecular complexity index is 1310. The Morgan fingerprint density at radius 1 is 1.15 bits per heavy atom. The molecule has 1 aliphatic heterocycles. The van der Waals surface area contributed by atoms with Gasteiger partial charge in [0.25, 0.3) is 0 Å². The highest BCUT2D eigenvalue weighted by atomic mass is 32.2. The summed E-state index contributed by atoms with van der Waals surface area (Å²) in [5, 5.41) is 9.67. The summed E-state index contributed by atoms with van der Waals surface area (Å²) in [6.07, 6.45) is -0.289. The van der Waals surface area contributed by atoms with Crippen molar-refractivity contribution < 1.29 is 36.7 Å². The number of piperidine rings is 1. The normalized spacial score (nSPS) is 16.3. The molecule has 39 heavy (non-hydrogen) atoms. The molecular weight excluding hydrogens is 541 g/mol. The second-order valence-electron chi connectivity index (χ2n) is 9.52. The third-order valence-corrected chi connectivity index (χ3v) is 8.34. The minimum Gasteiger partial charge on any atom is -0.497 e. The van der Waals surface area contributed by atoms with Gasteiger partial charge in [-0.05, 0) is 57.0 Å². The molecule has 6 nitrogen and oxygen atoms in total. The van der Waals surface area contributed by atoms with Crippen LogP contribution in [-0.4, -0.2) is 53.5 Å². The number of hydroxylamine groups is 1. The number of benzene rings is 2. The van der Waals surface area contributed by atoms with E-state index < -0.39 is 40.8 Å². The van der Waals surface area contributed by atoms with Crippen molar-refractivity contribution in [3.8, 4) is 5.75 Å². The molecular formula is C27H28F5N3O3S. The van der Waals surface area contributed by atoms with Gasteiger partial charge >= 0.3 is 0 Å². The molecule has 1 fully saturated rings. The lowest BCUT2D eigenvalue weighted by atomic mass is 9.73. The molecule has 2 N–H and O–H groups in total. The van der Waals surface area contributed by atoms with Gasteiger partial charge in [-0.3, -0.25) is 15.0 Å². The van der Waals surface area contributed by atoms with E-state index in [-0.39, 0.29) is 28.7 Å². The fourth-order valence-corrected chi connectivity index (χ4v) is 5.97. The van der Waals surface area contributed by atoms with Gasteiger partial charge in [0.15, 0.2) is 0 Å². The van der Waals surface area contributed by atoms with Crippen LogP contribution in [0.2, 0.25) is 0 Å². The third-order valence-electron chi connectivity index (χ3n) is 7.27. The fraction of sp³-hybridized carbons (Fsp3) is 0.407. The first-order valence-electron chi connectivity index (χ1n) is 12.4. The van der Waals surface area contributed by atoms with E-state index in [4.69, 9.17) is 4.74 Å². The van der Waals surface area contributed by atoms with Gasteiger partial charge in [-0.2, -0.15) is 0 Å². The molecule has 1 aliphatic rings. The summed E-state index contributed by atoms with van der Waals surface area (Å²) >= 11 is 0.927. The van der Waals surface area contributed by atoms with Crippen LogP contribution >= 0.6 is 11.8 Å². The molecule has 1 amide bonds. The van der Waals surface area contributed by atoms with E-state index >= 15 is 4.39 Å². The number of carbonyl (C=O) groups excluding carboxylic acids is 1. The molecule has 3 aromatic rings. The summed E-state index contributed by atoms with van der Waals surface area (Å²) in [5.41, 5.74) is 0.866. The quantitative estimate of drug-likeness (QED) is 0.136. The van der Waals surface area contributed by atoms with Gasteiger partial charge in [-0.25, -0.2) is 27.4 Å². The van der Waals surface area contributed by atoms with Crippen LogP contribution in [0.1, 0.15) is 37.4 Å². The summed E-state index contributed by atoms with van der Waals surface area (Å²) in [6, 6.07) is 6.03. The molecule has 1 aromatic heterocycles. The minimum absolute atomic E-state index is 0.0579. The van der Waals surface area contributed by atoms with Crippen LogP contribution in [0, 0.1) is 28.7 Å². The predicted octanol–water partition coefficient (Wildman–Crippen LogP) is 5.97. The Morgan fingerprint density at radius 3 is 2.49 bits per heavy atom. The van der Waals surface area contributed by atoms with Crippen molar-refractivity contribution in [3.63, 3.8) is 0 Å². The molecule has 1 saturated heterocycles. The molecule has 12 heteroatoms. The van der Waals surface area contributed by atoms with Crippen LogP contribution in [0.15, 0.2) is 41.4 Å². The largest absolute Gasteiger partial charge is 0.497 e. The van der Waals surface area contributed by atoms with E-state index in [1.165, 1.54) is 13.2 Å². The number of hydrogen-bond donors (Lipinski definition) is 2. The molecule has 0 saturated carbocycles. The lowest BCUT2D eigenvalue weighted by Crippen LogP contribution is -2.48. The molecule has 0 aliphatic carbocycles. The molecule has 1 atom stereocenters. The number of aromatic nitrogens is 1. The Morgan fingerprint density at radius 2 is 1.85 bits per heavy atom. The van der Waals surface area contributed by atoms with Crippen molar-refractivity contribution in [1.29, 1.82) is 0 Å². The van der Waals surface area contributed by atoms with E-state index in [0.29, 0.717) is 61.6 Å². The van der Waals surface area contributed by atoms with Crippen molar-refractivity contribution in [2.75, 3.05) is 32.5 Å². The number of carbonyl (C=O) groups is 1. The number of fused-ring (bicyclic) bond motifs is 1. The SMILES string of the molecule is COc1ccc2ncc(F)c(C(F)CCC3(C(=O)NO)CCN(CCSc4c(F)cc(F)cc4F)CC3)c2c1. The Kier molecular flexibility index (Phi) is 9.29. The van der Waals surface area contributed by atoms with Crippen LogP contribution in [0.25, 0.3) is 10.9 Å². The third kappa shape index (κ3) is 6.44. The topological polar surface area (TPSA) is 74.7 Å². The predicted molar refractivity (Wildman–Crippen MR) is 136 cm³/mol. The number of thioether (sulfide) groups is 1. The average molecular weight is 570 g/mol. The number of pyridine rings is 1. The summed E-state index contributed by atoms with van der Waals surface area (Å²) < 4.78 is 76.3. The van der Waals surface area contributed by atoms with Gasteiger partial charge in [0.05, 0.1) is 29.1 Å². The van der Waals surface area contributed by atoms with Gasteiger partial charge in [-0.1, -0.05) is 0 Å². The smallest absolute Gasteiger partial charge is 0.249 e. The maximum Gasteiger partial charge on any atom is 0.249 e. The van der Waals surface area contributed by atoms with Gasteiger partial charge in [0.1, 0.15) is 35.2 Å². The van der Waals surface area contributed by atoms with Crippen molar-refractivity contribution in [1.82, 2.24) is 15.4 Å². The van der Waals surface area contributed by atoms with Gasteiger partial charge in [-0.15, -0.1) is 11.8 Å². The summed E-state index contributed by atoms with van der Waals surface area (Å²) in [7, 11) is 1.45. The molecule has 0 bridgehead atoms. The van der Waals surface area contributed by atoms with Crippen LogP contribution in [0.3, 0.4) is 0 Å². The van der Waals surface area contributed by atoms with Crippen LogP contribution in [0.4, 0.5) is 22.0 Å². The molecule has 2 heterocycles. The average Bonchev–Trinajstić information content (AvgIpc) is 2.93.